The fraction of sp³-hybridized carbons (Fsp3) is 0.600. The normalized spacial score (nSPS) is 20.8. The van der Waals surface area contributed by atoms with E-state index < -0.39 is 30.1 Å². The van der Waals surface area contributed by atoms with E-state index in [4.69, 9.17) is 11.6 Å². The van der Waals surface area contributed by atoms with E-state index in [0.717, 1.165) is 6.92 Å². The van der Waals surface area contributed by atoms with Gasteiger partial charge in [-0.2, -0.15) is 13.2 Å². The van der Waals surface area contributed by atoms with Crippen molar-refractivity contribution in [2.24, 2.45) is 5.92 Å². The van der Waals surface area contributed by atoms with Gasteiger partial charge in [0, 0.05) is 13.1 Å². The van der Waals surface area contributed by atoms with Gasteiger partial charge in [0.15, 0.2) is 0 Å². The van der Waals surface area contributed by atoms with Crippen molar-refractivity contribution in [3.05, 3.63) is 34.6 Å². The zero-order chi connectivity index (χ0) is 22.8. The first-order chi connectivity index (χ1) is 14.6. The number of carbonyl (C=O) groups is 2. The Morgan fingerprint density at radius 1 is 1.26 bits per heavy atom. The molecule has 0 bridgehead atoms. The third-order valence-corrected chi connectivity index (χ3v) is 6.26. The molecule has 11 heteroatoms. The van der Waals surface area contributed by atoms with Gasteiger partial charge in [-0.25, -0.2) is 9.18 Å². The summed E-state index contributed by atoms with van der Waals surface area (Å²) in [5, 5.41) is 5.44. The van der Waals surface area contributed by atoms with Crippen LogP contribution < -0.4 is 10.6 Å². The topological polar surface area (TPSA) is 64.7 Å². The Bertz CT molecular complexity index is 815. The van der Waals surface area contributed by atoms with E-state index in [1.807, 2.05) is 0 Å². The van der Waals surface area contributed by atoms with Crippen LogP contribution in [0.1, 0.15) is 31.4 Å². The van der Waals surface area contributed by atoms with E-state index in [1.165, 1.54) is 28.0 Å². The summed E-state index contributed by atoms with van der Waals surface area (Å²) in [4.78, 5) is 27.2. The van der Waals surface area contributed by atoms with Gasteiger partial charge in [0.1, 0.15) is 18.4 Å². The van der Waals surface area contributed by atoms with Crippen LogP contribution in [-0.2, 0) is 4.79 Å². The Kier molecular flexibility index (Phi) is 7.31. The highest BCUT2D eigenvalue weighted by Crippen LogP contribution is 2.35. The van der Waals surface area contributed by atoms with Crippen LogP contribution in [-0.4, -0.2) is 66.7 Å². The smallest absolute Gasteiger partial charge is 0.353 e. The number of halogens is 5. The summed E-state index contributed by atoms with van der Waals surface area (Å²) in [7, 11) is 0. The van der Waals surface area contributed by atoms with E-state index in [2.05, 4.69) is 10.6 Å². The number of urea groups is 1. The minimum absolute atomic E-state index is 0.0791. The van der Waals surface area contributed by atoms with Crippen LogP contribution in [0.2, 0.25) is 5.02 Å². The Labute approximate surface area is 182 Å². The summed E-state index contributed by atoms with van der Waals surface area (Å²) in [6.07, 6.45) is -3.47. The van der Waals surface area contributed by atoms with E-state index in [-0.39, 0.29) is 36.5 Å². The molecule has 0 aliphatic carbocycles. The van der Waals surface area contributed by atoms with Crippen molar-refractivity contribution in [1.82, 2.24) is 20.4 Å². The van der Waals surface area contributed by atoms with E-state index >= 15 is 0 Å². The van der Waals surface area contributed by atoms with Crippen molar-refractivity contribution >= 4 is 23.5 Å². The van der Waals surface area contributed by atoms with Gasteiger partial charge >= 0.3 is 12.2 Å². The highest BCUT2D eigenvalue weighted by atomic mass is 35.5. The maximum absolute atomic E-state index is 13.7. The number of nitrogens with one attached hydrogen (secondary N) is 2. The number of piperidine rings is 1. The molecule has 1 aromatic rings. The number of nitrogens with zero attached hydrogens (tertiary/aromatic N) is 2. The van der Waals surface area contributed by atoms with Gasteiger partial charge in [0.05, 0.1) is 11.1 Å². The first-order valence-electron chi connectivity index (χ1n) is 10.1. The molecule has 2 aliphatic heterocycles. The van der Waals surface area contributed by atoms with Crippen LogP contribution in [0.4, 0.5) is 22.4 Å². The van der Waals surface area contributed by atoms with Crippen molar-refractivity contribution in [2.75, 3.05) is 32.7 Å². The van der Waals surface area contributed by atoms with Crippen molar-refractivity contribution in [2.45, 2.75) is 38.0 Å². The molecule has 2 fully saturated rings. The lowest BCUT2D eigenvalue weighted by Crippen LogP contribution is -2.54. The molecule has 2 heterocycles. The number of amides is 3. The number of hydrogen-bond donors (Lipinski definition) is 2. The van der Waals surface area contributed by atoms with Gasteiger partial charge in [-0.3, -0.25) is 9.69 Å². The molecule has 0 spiro atoms. The van der Waals surface area contributed by atoms with Gasteiger partial charge in [-0.05, 0) is 56.5 Å². The minimum atomic E-state index is -4.31. The van der Waals surface area contributed by atoms with Gasteiger partial charge < -0.3 is 15.5 Å². The fourth-order valence-electron chi connectivity index (χ4n) is 4.06. The minimum Gasteiger partial charge on any atom is -0.353 e. The van der Waals surface area contributed by atoms with E-state index in [0.29, 0.717) is 31.5 Å². The second-order valence-electron chi connectivity index (χ2n) is 7.96. The maximum Gasteiger partial charge on any atom is 0.403 e. The molecule has 0 aromatic heterocycles. The summed E-state index contributed by atoms with van der Waals surface area (Å²) in [5.74, 6) is -1.03. The predicted octanol–water partition coefficient (Wildman–Crippen LogP) is 3.32. The lowest BCUT2D eigenvalue weighted by atomic mass is 9.85. The lowest BCUT2D eigenvalue weighted by Gasteiger charge is -2.40. The second kappa shape index (κ2) is 9.60. The maximum atomic E-state index is 13.7. The number of rotatable bonds is 4. The van der Waals surface area contributed by atoms with Gasteiger partial charge in [-0.15, -0.1) is 0 Å². The van der Waals surface area contributed by atoms with Gasteiger partial charge in [-0.1, -0.05) is 17.7 Å². The highest BCUT2D eigenvalue weighted by Gasteiger charge is 2.42. The van der Waals surface area contributed by atoms with Crippen LogP contribution in [0.15, 0.2) is 18.2 Å². The fourth-order valence-corrected chi connectivity index (χ4v) is 4.25. The summed E-state index contributed by atoms with van der Waals surface area (Å²) in [6.45, 7) is 2.19. The van der Waals surface area contributed by atoms with Crippen molar-refractivity contribution < 1.29 is 27.2 Å². The molecule has 31 heavy (non-hydrogen) atoms. The van der Waals surface area contributed by atoms with Crippen LogP contribution in [0.3, 0.4) is 0 Å². The zero-order valence-corrected chi connectivity index (χ0v) is 17.8. The number of likely N-dealkylation sites (tertiary alicyclic amines) is 1. The summed E-state index contributed by atoms with van der Waals surface area (Å²) >= 11 is 5.93. The lowest BCUT2D eigenvalue weighted by molar-refractivity contribution is -0.182. The van der Waals surface area contributed by atoms with Crippen molar-refractivity contribution in [1.29, 1.82) is 0 Å². The molecule has 0 saturated carbocycles. The van der Waals surface area contributed by atoms with Crippen molar-refractivity contribution in [3.63, 3.8) is 0 Å². The molecule has 6 nitrogen and oxygen atoms in total. The monoisotopic (exact) mass is 464 g/mol. The van der Waals surface area contributed by atoms with Crippen LogP contribution >= 0.6 is 11.6 Å². The number of alkyl halides is 3. The Hall–Kier alpha value is -2.07. The molecule has 172 valence electrons. The third-order valence-electron chi connectivity index (χ3n) is 5.97. The van der Waals surface area contributed by atoms with E-state index in [9.17, 15) is 27.2 Å². The van der Waals surface area contributed by atoms with Crippen molar-refractivity contribution in [3.8, 4) is 0 Å². The van der Waals surface area contributed by atoms with E-state index in [1.54, 1.807) is 0 Å². The van der Waals surface area contributed by atoms with Gasteiger partial charge in [0.25, 0.3) is 0 Å². The summed E-state index contributed by atoms with van der Waals surface area (Å²) in [5.41, 5.74) is 0.573. The molecule has 2 atom stereocenters. The molecule has 2 N–H and O–H groups in total. The van der Waals surface area contributed by atoms with Crippen LogP contribution in [0.5, 0.6) is 0 Å². The molecule has 1 aromatic carbocycles. The standard InChI is InChI=1S/C20H25ClF4N4O2/c1-12(20(23,24)25)28-7-4-13(5-8-28)18(14-2-3-16(22)15(21)10-14)27-19(31)29-9-6-26-17(30)11-29/h2-3,10,12-13,18H,4-9,11H2,1H3,(H,26,30)(H,27,31)/t12-,18+/m1/s1. The first-order valence-corrected chi connectivity index (χ1v) is 10.5. The number of carbonyl (C=O) groups excluding carboxylic acids is 2. The third kappa shape index (κ3) is 5.79. The Balaban J connectivity index is 1.76. The quantitative estimate of drug-likeness (QED) is 0.672. The largest absolute Gasteiger partial charge is 0.403 e. The summed E-state index contributed by atoms with van der Waals surface area (Å²) < 4.78 is 52.8. The average Bonchev–Trinajstić information content (AvgIpc) is 2.73. The van der Waals surface area contributed by atoms with Gasteiger partial charge in [0.2, 0.25) is 5.91 Å². The predicted molar refractivity (Wildman–Crippen MR) is 107 cm³/mol. The molecule has 3 amide bonds. The molecular formula is C20H25ClF4N4O2. The highest BCUT2D eigenvalue weighted by molar-refractivity contribution is 6.30. The number of benzene rings is 1. The Morgan fingerprint density at radius 2 is 1.94 bits per heavy atom. The molecule has 3 rings (SSSR count). The Morgan fingerprint density at radius 3 is 2.52 bits per heavy atom. The molecule has 0 radical (unpaired) electrons. The average molecular weight is 465 g/mol. The first kappa shape index (κ1) is 23.6. The molecule has 2 aliphatic rings. The SMILES string of the molecule is C[C@@H](N1CCC([C@H](NC(=O)N2CCNC(=O)C2)c2ccc(F)c(Cl)c2)CC1)C(F)(F)F. The summed E-state index contributed by atoms with van der Waals surface area (Å²) in [6, 6.07) is 1.57. The molecule has 0 unspecified atom stereocenters. The van der Waals surface area contributed by atoms with Crippen LogP contribution in [0.25, 0.3) is 0 Å². The number of hydrogen-bond acceptors (Lipinski definition) is 3. The molecular weight excluding hydrogens is 440 g/mol. The molecule has 2 saturated heterocycles. The van der Waals surface area contributed by atoms with Crippen LogP contribution in [0, 0.1) is 11.7 Å². The number of piperazine rings is 1. The second-order valence-corrected chi connectivity index (χ2v) is 8.37. The zero-order valence-electron chi connectivity index (χ0n) is 17.0.